The van der Waals surface area contributed by atoms with Gasteiger partial charge in [0.1, 0.15) is 12.2 Å². The van der Waals surface area contributed by atoms with Gasteiger partial charge >= 0.3 is 0 Å². The third-order valence-electron chi connectivity index (χ3n) is 3.59. The summed E-state index contributed by atoms with van der Waals surface area (Å²) >= 11 is 9.00. The number of hydrogen-bond acceptors (Lipinski definition) is 6. The third kappa shape index (κ3) is 3.46. The van der Waals surface area contributed by atoms with Gasteiger partial charge in [0.25, 0.3) is 0 Å². The summed E-state index contributed by atoms with van der Waals surface area (Å²) in [5.41, 5.74) is 7.10. The summed E-state index contributed by atoms with van der Waals surface area (Å²) in [4.78, 5) is 17.0. The van der Waals surface area contributed by atoms with Crippen molar-refractivity contribution < 1.29 is 4.79 Å². The van der Waals surface area contributed by atoms with E-state index in [2.05, 4.69) is 15.2 Å². The summed E-state index contributed by atoms with van der Waals surface area (Å²) in [6.45, 7) is 0.0311. The van der Waals surface area contributed by atoms with Crippen molar-refractivity contribution in [2.45, 2.75) is 17.5 Å². The van der Waals surface area contributed by atoms with Crippen molar-refractivity contribution >= 4 is 46.3 Å². The maximum Gasteiger partial charge on any atom is 0.237 e. The molecule has 7 nitrogen and oxygen atoms in total. The van der Waals surface area contributed by atoms with Crippen LogP contribution in [-0.2, 0) is 17.1 Å². The Balaban J connectivity index is 1.59. The molecule has 4 aromatic heterocycles. The summed E-state index contributed by atoms with van der Waals surface area (Å²) in [5, 5.41) is 11.7. The fourth-order valence-corrected chi connectivity index (χ4v) is 4.21. The predicted molar refractivity (Wildman–Crippen MR) is 102 cm³/mol. The lowest BCUT2D eigenvalue weighted by molar-refractivity contribution is -0.118. The number of fused-ring (bicyclic) bond motifs is 1. The van der Waals surface area contributed by atoms with Crippen molar-refractivity contribution in [1.29, 1.82) is 0 Å². The molecule has 0 aliphatic carbocycles. The standard InChI is InChI=1S/C16H13ClN6OS2/c17-10-3-4-14-19-11(7-22(14)6-10)9-26-16-21-20-15(12-2-1-5-25-12)23(16)8-13(18)24/h1-7H,8-9H2,(H2,18,24). The van der Waals surface area contributed by atoms with Crippen molar-refractivity contribution in [2.75, 3.05) is 0 Å². The Kier molecular flexibility index (Phi) is 4.66. The number of halogens is 1. The summed E-state index contributed by atoms with van der Waals surface area (Å²) in [6, 6.07) is 7.53. The number of nitrogens with zero attached hydrogens (tertiary/aromatic N) is 5. The highest BCUT2D eigenvalue weighted by Crippen LogP contribution is 2.28. The second kappa shape index (κ2) is 7.10. The van der Waals surface area contributed by atoms with E-state index in [9.17, 15) is 4.79 Å². The monoisotopic (exact) mass is 404 g/mol. The minimum atomic E-state index is -0.438. The Morgan fingerprint density at radius 1 is 1.27 bits per heavy atom. The molecule has 0 radical (unpaired) electrons. The molecule has 0 atom stereocenters. The average molecular weight is 405 g/mol. The zero-order valence-electron chi connectivity index (χ0n) is 13.4. The number of pyridine rings is 1. The molecule has 4 rings (SSSR count). The van der Waals surface area contributed by atoms with Gasteiger partial charge in [-0.3, -0.25) is 9.36 Å². The van der Waals surface area contributed by atoms with E-state index in [4.69, 9.17) is 17.3 Å². The first-order valence-electron chi connectivity index (χ1n) is 7.61. The molecule has 0 bridgehead atoms. The van der Waals surface area contributed by atoms with Crippen molar-refractivity contribution in [2.24, 2.45) is 5.73 Å². The minimum Gasteiger partial charge on any atom is -0.368 e. The van der Waals surface area contributed by atoms with Crippen LogP contribution in [0.2, 0.25) is 5.02 Å². The van der Waals surface area contributed by atoms with Crippen LogP contribution in [0.15, 0.2) is 47.2 Å². The molecule has 0 spiro atoms. The highest BCUT2D eigenvalue weighted by atomic mass is 35.5. The van der Waals surface area contributed by atoms with E-state index < -0.39 is 5.91 Å². The molecule has 10 heteroatoms. The van der Waals surface area contributed by atoms with Crippen molar-refractivity contribution in [3.05, 3.63) is 52.8 Å². The molecule has 132 valence electrons. The van der Waals surface area contributed by atoms with Crippen LogP contribution in [0.5, 0.6) is 0 Å². The van der Waals surface area contributed by atoms with Crippen LogP contribution in [0.1, 0.15) is 5.69 Å². The molecule has 4 heterocycles. The van der Waals surface area contributed by atoms with Crippen LogP contribution in [0.4, 0.5) is 0 Å². The zero-order valence-corrected chi connectivity index (χ0v) is 15.8. The highest BCUT2D eigenvalue weighted by Gasteiger charge is 2.17. The molecule has 0 aromatic carbocycles. The Morgan fingerprint density at radius 3 is 2.92 bits per heavy atom. The zero-order chi connectivity index (χ0) is 18.1. The van der Waals surface area contributed by atoms with Gasteiger partial charge in [-0.2, -0.15) is 0 Å². The van der Waals surface area contributed by atoms with Crippen LogP contribution < -0.4 is 5.73 Å². The number of aromatic nitrogens is 5. The van der Waals surface area contributed by atoms with Crippen molar-refractivity contribution in [3.63, 3.8) is 0 Å². The van der Waals surface area contributed by atoms with Gasteiger partial charge in [-0.15, -0.1) is 21.5 Å². The number of thioether (sulfide) groups is 1. The Hall–Kier alpha value is -2.36. The first-order valence-corrected chi connectivity index (χ1v) is 9.86. The Bertz CT molecular complexity index is 1070. The molecule has 0 unspecified atom stereocenters. The average Bonchev–Trinajstić information content (AvgIpc) is 3.31. The van der Waals surface area contributed by atoms with Crippen molar-refractivity contribution in [3.8, 4) is 10.7 Å². The SMILES string of the molecule is NC(=O)Cn1c(SCc2cn3cc(Cl)ccc3n2)nnc1-c1cccs1. The smallest absolute Gasteiger partial charge is 0.237 e. The molecule has 0 saturated heterocycles. The quantitative estimate of drug-likeness (QED) is 0.498. The summed E-state index contributed by atoms with van der Waals surface area (Å²) < 4.78 is 3.62. The van der Waals surface area contributed by atoms with E-state index in [0.29, 0.717) is 21.8 Å². The molecule has 0 fully saturated rings. The first kappa shape index (κ1) is 17.1. The predicted octanol–water partition coefficient (Wildman–Crippen LogP) is 3.09. The normalized spacial score (nSPS) is 11.3. The minimum absolute atomic E-state index is 0.0311. The van der Waals surface area contributed by atoms with E-state index >= 15 is 0 Å². The fourth-order valence-electron chi connectivity index (χ4n) is 2.51. The van der Waals surface area contributed by atoms with Gasteiger partial charge in [0.2, 0.25) is 5.91 Å². The molecular formula is C16H13ClN6OS2. The van der Waals surface area contributed by atoms with E-state index in [0.717, 1.165) is 16.2 Å². The molecule has 4 aromatic rings. The first-order chi connectivity index (χ1) is 12.6. The van der Waals surface area contributed by atoms with E-state index in [1.807, 2.05) is 40.4 Å². The molecule has 0 saturated carbocycles. The second-order valence-corrected chi connectivity index (χ2v) is 7.80. The lowest BCUT2D eigenvalue weighted by Gasteiger charge is -2.06. The van der Waals surface area contributed by atoms with Gasteiger partial charge in [0.05, 0.1) is 15.6 Å². The molecule has 2 N–H and O–H groups in total. The number of rotatable bonds is 6. The van der Waals surface area contributed by atoms with Gasteiger partial charge in [0.15, 0.2) is 11.0 Å². The van der Waals surface area contributed by atoms with Crippen LogP contribution >= 0.6 is 34.7 Å². The van der Waals surface area contributed by atoms with Crippen LogP contribution in [0, 0.1) is 0 Å². The number of thiophene rings is 1. The molecular weight excluding hydrogens is 392 g/mol. The second-order valence-electron chi connectivity index (χ2n) is 5.47. The van der Waals surface area contributed by atoms with Gasteiger partial charge in [0, 0.05) is 18.1 Å². The maximum atomic E-state index is 11.5. The number of imidazole rings is 1. The lowest BCUT2D eigenvalue weighted by Crippen LogP contribution is -2.19. The highest BCUT2D eigenvalue weighted by molar-refractivity contribution is 7.98. The Morgan fingerprint density at radius 2 is 2.15 bits per heavy atom. The summed E-state index contributed by atoms with van der Waals surface area (Å²) in [6.07, 6.45) is 3.73. The van der Waals surface area contributed by atoms with Gasteiger partial charge in [-0.25, -0.2) is 4.98 Å². The number of primary amides is 1. The van der Waals surface area contributed by atoms with Gasteiger partial charge in [-0.05, 0) is 23.6 Å². The topological polar surface area (TPSA) is 91.1 Å². The van der Waals surface area contributed by atoms with Gasteiger partial charge in [-0.1, -0.05) is 29.4 Å². The molecule has 1 amide bonds. The van der Waals surface area contributed by atoms with Crippen molar-refractivity contribution in [1.82, 2.24) is 24.1 Å². The number of amides is 1. The lowest BCUT2D eigenvalue weighted by atomic mass is 10.4. The summed E-state index contributed by atoms with van der Waals surface area (Å²) in [7, 11) is 0. The third-order valence-corrected chi connectivity index (χ3v) is 5.68. The largest absolute Gasteiger partial charge is 0.368 e. The molecule has 0 aliphatic heterocycles. The van der Waals surface area contributed by atoms with Crippen LogP contribution in [0.3, 0.4) is 0 Å². The summed E-state index contributed by atoms with van der Waals surface area (Å²) in [5.74, 6) is 0.788. The van der Waals surface area contributed by atoms with Gasteiger partial charge < -0.3 is 10.1 Å². The number of hydrogen-bond donors (Lipinski definition) is 1. The molecule has 26 heavy (non-hydrogen) atoms. The van der Waals surface area contributed by atoms with Crippen LogP contribution in [0.25, 0.3) is 16.3 Å². The number of carbonyl (C=O) groups is 1. The van der Waals surface area contributed by atoms with Crippen LogP contribution in [-0.4, -0.2) is 30.1 Å². The van der Waals surface area contributed by atoms with E-state index in [1.54, 1.807) is 10.6 Å². The van der Waals surface area contributed by atoms with E-state index in [1.165, 1.54) is 23.1 Å². The van der Waals surface area contributed by atoms with E-state index in [-0.39, 0.29) is 6.54 Å². The Labute approximate surface area is 161 Å². The number of carbonyl (C=O) groups excluding carboxylic acids is 1. The fraction of sp³-hybridized carbons (Fsp3) is 0.125. The number of nitrogens with two attached hydrogens (primary N) is 1. The maximum absolute atomic E-state index is 11.5. The molecule has 0 aliphatic rings.